The SMILES string of the molecule is C[C@H]1C[C@H](C)CN(S(=O)(=O)c2ccc(F)c(C(=O)Nc3ccc(Cl)cc3C(F)(F)F)c2)C1. The molecular formula is C21H21ClF4N2O3S. The summed E-state index contributed by atoms with van der Waals surface area (Å²) in [6.45, 7) is 4.41. The van der Waals surface area contributed by atoms with Gasteiger partial charge in [0.15, 0.2) is 0 Å². The van der Waals surface area contributed by atoms with Crippen LogP contribution in [0.3, 0.4) is 0 Å². The van der Waals surface area contributed by atoms with Gasteiger partial charge in [-0.3, -0.25) is 4.79 Å². The average molecular weight is 493 g/mol. The first-order valence-electron chi connectivity index (χ1n) is 9.77. The fourth-order valence-corrected chi connectivity index (χ4v) is 5.72. The molecule has 3 rings (SSSR count). The number of benzene rings is 2. The van der Waals surface area contributed by atoms with Gasteiger partial charge in [0, 0.05) is 18.1 Å². The second-order valence-electron chi connectivity index (χ2n) is 8.05. The summed E-state index contributed by atoms with van der Waals surface area (Å²) in [5, 5.41) is 1.81. The molecule has 5 nitrogen and oxygen atoms in total. The average Bonchev–Trinajstić information content (AvgIpc) is 2.68. The molecule has 2 atom stereocenters. The maximum Gasteiger partial charge on any atom is 0.418 e. The van der Waals surface area contributed by atoms with Crippen LogP contribution < -0.4 is 5.32 Å². The Kier molecular flexibility index (Phi) is 6.88. The van der Waals surface area contributed by atoms with E-state index < -0.39 is 44.7 Å². The van der Waals surface area contributed by atoms with Gasteiger partial charge in [0.2, 0.25) is 10.0 Å². The zero-order valence-electron chi connectivity index (χ0n) is 17.2. The highest BCUT2D eigenvalue weighted by Crippen LogP contribution is 2.37. The first-order chi connectivity index (χ1) is 14.8. The maximum absolute atomic E-state index is 14.4. The Hall–Kier alpha value is -2.17. The van der Waals surface area contributed by atoms with Crippen LogP contribution in [0.25, 0.3) is 0 Å². The highest BCUT2D eigenvalue weighted by Gasteiger charge is 2.35. The second kappa shape index (κ2) is 8.99. The van der Waals surface area contributed by atoms with Crippen LogP contribution in [0.1, 0.15) is 36.2 Å². The Morgan fingerprint density at radius 3 is 2.31 bits per heavy atom. The van der Waals surface area contributed by atoms with Crippen LogP contribution in [0.5, 0.6) is 0 Å². The summed E-state index contributed by atoms with van der Waals surface area (Å²) in [5.74, 6) is -2.03. The van der Waals surface area contributed by atoms with E-state index in [0.29, 0.717) is 6.07 Å². The standard InChI is InChI=1S/C21H21ClF4N2O3S/c1-12-7-13(2)11-28(10-12)32(30,31)15-4-5-18(23)16(9-15)20(29)27-19-6-3-14(22)8-17(19)21(24,25)26/h3-6,8-9,12-13H,7,10-11H2,1-2H3,(H,27,29)/t12-,13-/m0/s1. The molecule has 1 saturated heterocycles. The number of hydrogen-bond donors (Lipinski definition) is 1. The van der Waals surface area contributed by atoms with Gasteiger partial charge in [-0.05, 0) is 54.7 Å². The lowest BCUT2D eigenvalue weighted by Crippen LogP contribution is -2.42. The fraction of sp³-hybridized carbons (Fsp3) is 0.381. The van der Waals surface area contributed by atoms with Crippen LogP contribution in [0.15, 0.2) is 41.3 Å². The van der Waals surface area contributed by atoms with Crippen LogP contribution in [0.4, 0.5) is 23.2 Å². The molecule has 2 aromatic rings. The molecule has 0 aromatic heterocycles. The van der Waals surface area contributed by atoms with Crippen molar-refractivity contribution in [3.05, 3.63) is 58.4 Å². The minimum atomic E-state index is -4.82. The first kappa shape index (κ1) is 24.5. The number of nitrogens with zero attached hydrogens (tertiary/aromatic N) is 1. The monoisotopic (exact) mass is 492 g/mol. The quantitative estimate of drug-likeness (QED) is 0.580. The number of hydrogen-bond acceptors (Lipinski definition) is 3. The van der Waals surface area contributed by atoms with Crippen molar-refractivity contribution >= 4 is 33.2 Å². The van der Waals surface area contributed by atoms with E-state index >= 15 is 0 Å². The zero-order valence-corrected chi connectivity index (χ0v) is 18.8. The molecule has 1 fully saturated rings. The van der Waals surface area contributed by atoms with Crippen molar-refractivity contribution in [3.8, 4) is 0 Å². The van der Waals surface area contributed by atoms with Gasteiger partial charge in [-0.1, -0.05) is 25.4 Å². The first-order valence-corrected chi connectivity index (χ1v) is 11.6. The Morgan fingerprint density at radius 2 is 1.72 bits per heavy atom. The molecular weight excluding hydrogens is 472 g/mol. The van der Waals surface area contributed by atoms with Gasteiger partial charge in [-0.15, -0.1) is 0 Å². The Balaban J connectivity index is 1.94. The number of amides is 1. The smallest absolute Gasteiger partial charge is 0.321 e. The van der Waals surface area contributed by atoms with E-state index in [1.807, 2.05) is 19.2 Å². The highest BCUT2D eigenvalue weighted by atomic mass is 35.5. The van der Waals surface area contributed by atoms with Crippen LogP contribution in [0, 0.1) is 17.7 Å². The molecule has 0 spiro atoms. The molecule has 2 aromatic carbocycles. The van der Waals surface area contributed by atoms with Gasteiger partial charge < -0.3 is 5.32 Å². The topological polar surface area (TPSA) is 66.5 Å². The normalized spacial score (nSPS) is 20.2. The summed E-state index contributed by atoms with van der Waals surface area (Å²) in [5.41, 5.74) is -2.52. The van der Waals surface area contributed by atoms with Crippen molar-refractivity contribution in [3.63, 3.8) is 0 Å². The third-order valence-corrected chi connectivity index (χ3v) is 7.25. The summed E-state index contributed by atoms with van der Waals surface area (Å²) in [7, 11) is -4.02. The van der Waals surface area contributed by atoms with Crippen LogP contribution in [-0.2, 0) is 16.2 Å². The summed E-state index contributed by atoms with van der Waals surface area (Å²) in [4.78, 5) is 12.3. The molecule has 1 aliphatic heterocycles. The number of alkyl halides is 3. The highest BCUT2D eigenvalue weighted by molar-refractivity contribution is 7.89. The van der Waals surface area contributed by atoms with Crippen LogP contribution >= 0.6 is 11.6 Å². The van der Waals surface area contributed by atoms with Gasteiger partial charge >= 0.3 is 6.18 Å². The van der Waals surface area contributed by atoms with Crippen LogP contribution in [0.2, 0.25) is 5.02 Å². The maximum atomic E-state index is 14.4. The molecule has 0 unspecified atom stereocenters. The van der Waals surface area contributed by atoms with Crippen molar-refractivity contribution in [2.75, 3.05) is 18.4 Å². The molecule has 0 saturated carbocycles. The van der Waals surface area contributed by atoms with E-state index in [-0.39, 0.29) is 34.8 Å². The largest absolute Gasteiger partial charge is 0.418 e. The van der Waals surface area contributed by atoms with E-state index in [4.69, 9.17) is 11.6 Å². The summed E-state index contributed by atoms with van der Waals surface area (Å²) in [6, 6.07) is 5.40. The lowest BCUT2D eigenvalue weighted by atomic mass is 9.94. The number of carbonyl (C=O) groups is 1. The van der Waals surface area contributed by atoms with Crippen molar-refractivity contribution in [1.29, 1.82) is 0 Å². The van der Waals surface area contributed by atoms with E-state index in [1.54, 1.807) is 0 Å². The number of sulfonamides is 1. The molecule has 32 heavy (non-hydrogen) atoms. The number of rotatable bonds is 4. The summed E-state index contributed by atoms with van der Waals surface area (Å²) >= 11 is 5.62. The summed E-state index contributed by atoms with van der Waals surface area (Å²) < 4.78 is 81.6. The number of anilines is 1. The van der Waals surface area contributed by atoms with E-state index in [9.17, 15) is 30.8 Å². The van der Waals surface area contributed by atoms with Crippen molar-refractivity contribution in [2.24, 2.45) is 11.8 Å². The summed E-state index contributed by atoms with van der Waals surface area (Å²) in [6.07, 6.45) is -3.95. The second-order valence-corrected chi connectivity index (χ2v) is 10.4. The Bertz CT molecular complexity index is 1130. The minimum Gasteiger partial charge on any atom is -0.321 e. The van der Waals surface area contributed by atoms with E-state index in [2.05, 4.69) is 0 Å². The molecule has 1 heterocycles. The van der Waals surface area contributed by atoms with Gasteiger partial charge in [0.25, 0.3) is 5.91 Å². The molecule has 0 bridgehead atoms. The molecule has 1 amide bonds. The minimum absolute atomic E-state index is 0.127. The molecule has 0 radical (unpaired) electrons. The Morgan fingerprint density at radius 1 is 1.09 bits per heavy atom. The van der Waals surface area contributed by atoms with Gasteiger partial charge in [0.1, 0.15) is 5.82 Å². The van der Waals surface area contributed by atoms with Crippen molar-refractivity contribution in [1.82, 2.24) is 4.31 Å². The van der Waals surface area contributed by atoms with E-state index in [0.717, 1.165) is 36.8 Å². The number of piperidine rings is 1. The number of nitrogens with one attached hydrogen (secondary N) is 1. The third kappa shape index (κ3) is 5.24. The molecule has 11 heteroatoms. The van der Waals surface area contributed by atoms with Crippen LogP contribution in [-0.4, -0.2) is 31.7 Å². The van der Waals surface area contributed by atoms with Gasteiger partial charge in [0.05, 0.1) is 21.7 Å². The lowest BCUT2D eigenvalue weighted by molar-refractivity contribution is -0.136. The number of halogens is 5. The molecule has 1 N–H and O–H groups in total. The molecule has 1 aliphatic rings. The van der Waals surface area contributed by atoms with Crippen molar-refractivity contribution < 1.29 is 30.8 Å². The molecule has 174 valence electrons. The molecule has 0 aliphatic carbocycles. The predicted molar refractivity (Wildman–Crippen MR) is 113 cm³/mol. The zero-order chi connectivity index (χ0) is 23.8. The number of carbonyl (C=O) groups excluding carboxylic acids is 1. The lowest BCUT2D eigenvalue weighted by Gasteiger charge is -2.34. The van der Waals surface area contributed by atoms with Gasteiger partial charge in [-0.25, -0.2) is 12.8 Å². The van der Waals surface area contributed by atoms with Crippen molar-refractivity contribution in [2.45, 2.75) is 31.3 Å². The predicted octanol–water partition coefficient (Wildman–Crippen LogP) is 5.42. The Labute approximate surface area is 188 Å². The van der Waals surface area contributed by atoms with Gasteiger partial charge in [-0.2, -0.15) is 17.5 Å². The third-order valence-electron chi connectivity index (χ3n) is 5.19. The van der Waals surface area contributed by atoms with E-state index in [1.165, 1.54) is 4.31 Å². The fourth-order valence-electron chi connectivity index (χ4n) is 3.84.